The van der Waals surface area contributed by atoms with Crippen LogP contribution in [0.2, 0.25) is 5.28 Å². The molecule has 76 valence electrons. The molecular weight excluding hydrogens is 281 g/mol. The number of nitrogen functional groups attached to an aromatic ring is 1. The van der Waals surface area contributed by atoms with Gasteiger partial charge in [-0.15, -0.1) is 0 Å². The molecule has 0 spiro atoms. The van der Waals surface area contributed by atoms with Crippen molar-refractivity contribution in [1.82, 2.24) is 14.5 Å². The zero-order valence-electron chi connectivity index (χ0n) is 7.62. The molecule has 2 N–H and O–H groups in total. The molecule has 2 aromatic rings. The fraction of sp³-hybridized carbons (Fsp3) is 0.125. The van der Waals surface area contributed by atoms with Crippen molar-refractivity contribution in [3.8, 4) is 6.07 Å². The average molecular weight is 287 g/mol. The molecule has 0 saturated carbocycles. The maximum atomic E-state index is 8.99. The summed E-state index contributed by atoms with van der Waals surface area (Å²) in [5, 5.41) is 9.58. The number of nitriles is 1. The highest BCUT2D eigenvalue weighted by Crippen LogP contribution is 2.31. The van der Waals surface area contributed by atoms with E-state index in [4.69, 9.17) is 22.6 Å². The minimum absolute atomic E-state index is 0.0672. The van der Waals surface area contributed by atoms with E-state index < -0.39 is 0 Å². The zero-order valence-corrected chi connectivity index (χ0v) is 9.96. The van der Waals surface area contributed by atoms with Gasteiger partial charge >= 0.3 is 0 Å². The molecule has 2 aromatic heterocycles. The summed E-state index contributed by atoms with van der Waals surface area (Å²) in [4.78, 5) is 7.83. The Kier molecular flexibility index (Phi) is 2.29. The molecule has 0 bridgehead atoms. The molecule has 0 aliphatic heterocycles. The summed E-state index contributed by atoms with van der Waals surface area (Å²) in [6, 6.07) is 2.05. The lowest BCUT2D eigenvalue weighted by Crippen LogP contribution is -1.96. The molecule has 0 amide bonds. The number of hydrogen-bond acceptors (Lipinski definition) is 4. The van der Waals surface area contributed by atoms with Crippen LogP contribution >= 0.6 is 27.5 Å². The van der Waals surface area contributed by atoms with Crippen LogP contribution in [0.15, 0.2) is 4.60 Å². The molecule has 0 aromatic carbocycles. The summed E-state index contributed by atoms with van der Waals surface area (Å²) in [6.07, 6.45) is 0. The van der Waals surface area contributed by atoms with Crippen LogP contribution in [-0.2, 0) is 7.05 Å². The summed E-state index contributed by atoms with van der Waals surface area (Å²) in [5.74, 6) is 0.211. The van der Waals surface area contributed by atoms with Crippen molar-refractivity contribution in [3.05, 3.63) is 15.5 Å². The SMILES string of the molecule is Cn1c(Br)c(C#N)c2c(N)nc(Cl)nc21. The number of nitrogens with two attached hydrogens (primary N) is 1. The van der Waals surface area contributed by atoms with Gasteiger partial charge in [-0.25, -0.2) is 4.98 Å². The van der Waals surface area contributed by atoms with Crippen molar-refractivity contribution in [1.29, 1.82) is 5.26 Å². The first-order valence-electron chi connectivity index (χ1n) is 3.93. The average Bonchev–Trinajstić information content (AvgIpc) is 2.42. The molecule has 15 heavy (non-hydrogen) atoms. The number of anilines is 1. The van der Waals surface area contributed by atoms with E-state index in [1.807, 2.05) is 6.07 Å². The molecular formula is C8H5BrClN5. The Bertz CT molecular complexity index is 597. The summed E-state index contributed by atoms with van der Waals surface area (Å²) in [5.41, 5.74) is 6.65. The standard InChI is InChI=1S/C8H5BrClN5/c1-15-5(9)3(2-11)4-6(12)13-8(10)14-7(4)15/h1H3,(H2,12,13,14). The Morgan fingerprint density at radius 3 is 2.80 bits per heavy atom. The first kappa shape index (κ1) is 10.2. The monoisotopic (exact) mass is 285 g/mol. The topological polar surface area (TPSA) is 80.5 Å². The molecule has 0 aliphatic carbocycles. The van der Waals surface area contributed by atoms with Gasteiger partial charge < -0.3 is 10.3 Å². The second-order valence-corrected chi connectivity index (χ2v) is 4.00. The number of rotatable bonds is 0. The van der Waals surface area contributed by atoms with E-state index in [9.17, 15) is 0 Å². The van der Waals surface area contributed by atoms with Crippen molar-refractivity contribution in [2.75, 3.05) is 5.73 Å². The van der Waals surface area contributed by atoms with Gasteiger partial charge in [0.25, 0.3) is 0 Å². The van der Waals surface area contributed by atoms with Gasteiger partial charge in [0.05, 0.1) is 10.9 Å². The first-order valence-corrected chi connectivity index (χ1v) is 5.10. The van der Waals surface area contributed by atoms with Crippen LogP contribution < -0.4 is 5.73 Å². The minimum Gasteiger partial charge on any atom is -0.383 e. The van der Waals surface area contributed by atoms with Gasteiger partial charge in [0, 0.05) is 7.05 Å². The number of aromatic nitrogens is 3. The second kappa shape index (κ2) is 3.36. The summed E-state index contributed by atoms with van der Waals surface area (Å²) >= 11 is 8.97. The lowest BCUT2D eigenvalue weighted by molar-refractivity contribution is 0.917. The number of hydrogen-bond donors (Lipinski definition) is 1. The van der Waals surface area contributed by atoms with Crippen molar-refractivity contribution < 1.29 is 0 Å². The highest BCUT2D eigenvalue weighted by molar-refractivity contribution is 9.10. The van der Waals surface area contributed by atoms with Crippen molar-refractivity contribution in [3.63, 3.8) is 0 Å². The Hall–Kier alpha value is -1.32. The van der Waals surface area contributed by atoms with Crippen LogP contribution in [0.5, 0.6) is 0 Å². The lowest BCUT2D eigenvalue weighted by atomic mass is 10.2. The van der Waals surface area contributed by atoms with Crippen molar-refractivity contribution in [2.24, 2.45) is 7.05 Å². The molecule has 0 unspecified atom stereocenters. The quantitative estimate of drug-likeness (QED) is 0.749. The van der Waals surface area contributed by atoms with Crippen LogP contribution in [0, 0.1) is 11.3 Å². The number of aryl methyl sites for hydroxylation is 1. The number of nitrogens with zero attached hydrogens (tertiary/aromatic N) is 4. The van der Waals surface area contributed by atoms with E-state index in [1.165, 1.54) is 0 Å². The normalized spacial score (nSPS) is 10.5. The van der Waals surface area contributed by atoms with E-state index in [0.29, 0.717) is 21.2 Å². The van der Waals surface area contributed by atoms with Gasteiger partial charge in [-0.2, -0.15) is 10.2 Å². The fourth-order valence-electron chi connectivity index (χ4n) is 1.39. The maximum absolute atomic E-state index is 8.99. The van der Waals surface area contributed by atoms with Gasteiger partial charge in [0.15, 0.2) is 0 Å². The van der Waals surface area contributed by atoms with Crippen LogP contribution in [0.4, 0.5) is 5.82 Å². The van der Waals surface area contributed by atoms with E-state index in [-0.39, 0.29) is 11.1 Å². The molecule has 0 fully saturated rings. The molecule has 2 rings (SSSR count). The molecule has 0 atom stereocenters. The van der Waals surface area contributed by atoms with Crippen LogP contribution in [-0.4, -0.2) is 14.5 Å². The molecule has 0 saturated heterocycles. The van der Waals surface area contributed by atoms with E-state index >= 15 is 0 Å². The van der Waals surface area contributed by atoms with E-state index in [2.05, 4.69) is 25.9 Å². The van der Waals surface area contributed by atoms with Gasteiger partial charge in [0.1, 0.15) is 22.1 Å². The Labute approximate surface area is 98.6 Å². The van der Waals surface area contributed by atoms with Gasteiger partial charge in [-0.3, -0.25) is 0 Å². The van der Waals surface area contributed by atoms with Crippen LogP contribution in [0.3, 0.4) is 0 Å². The highest BCUT2D eigenvalue weighted by Gasteiger charge is 2.17. The van der Waals surface area contributed by atoms with Gasteiger partial charge in [-0.05, 0) is 27.5 Å². The Morgan fingerprint density at radius 1 is 1.53 bits per heavy atom. The first-order chi connectivity index (χ1) is 7.06. The summed E-state index contributed by atoms with van der Waals surface area (Å²) < 4.78 is 2.31. The third kappa shape index (κ3) is 1.35. The lowest BCUT2D eigenvalue weighted by Gasteiger charge is -1.98. The highest BCUT2D eigenvalue weighted by atomic mass is 79.9. The Morgan fingerprint density at radius 2 is 2.20 bits per heavy atom. The van der Waals surface area contributed by atoms with E-state index in [1.54, 1.807) is 11.6 Å². The summed E-state index contributed by atoms with van der Waals surface area (Å²) in [7, 11) is 1.76. The number of fused-ring (bicyclic) bond motifs is 1. The van der Waals surface area contributed by atoms with E-state index in [0.717, 1.165) is 0 Å². The van der Waals surface area contributed by atoms with Crippen molar-refractivity contribution >= 4 is 44.4 Å². The predicted molar refractivity (Wildman–Crippen MR) is 60.3 cm³/mol. The molecule has 0 radical (unpaired) electrons. The molecule has 7 heteroatoms. The zero-order chi connectivity index (χ0) is 11.2. The third-order valence-corrected chi connectivity index (χ3v) is 3.17. The maximum Gasteiger partial charge on any atom is 0.226 e. The van der Waals surface area contributed by atoms with Crippen LogP contribution in [0.25, 0.3) is 11.0 Å². The second-order valence-electron chi connectivity index (χ2n) is 2.91. The van der Waals surface area contributed by atoms with Crippen LogP contribution in [0.1, 0.15) is 5.56 Å². The Balaban J connectivity index is 3.05. The largest absolute Gasteiger partial charge is 0.383 e. The van der Waals surface area contributed by atoms with Gasteiger partial charge in [-0.1, -0.05) is 0 Å². The van der Waals surface area contributed by atoms with Crippen molar-refractivity contribution in [2.45, 2.75) is 0 Å². The van der Waals surface area contributed by atoms with Gasteiger partial charge in [0.2, 0.25) is 5.28 Å². The fourth-order valence-corrected chi connectivity index (χ4v) is 2.01. The molecule has 2 heterocycles. The minimum atomic E-state index is 0.0672. The summed E-state index contributed by atoms with van der Waals surface area (Å²) in [6.45, 7) is 0. The third-order valence-electron chi connectivity index (χ3n) is 2.07. The predicted octanol–water partition coefficient (Wildman–Crippen LogP) is 1.84. The molecule has 5 nitrogen and oxygen atoms in total. The smallest absolute Gasteiger partial charge is 0.226 e. The number of halogens is 2. The molecule has 0 aliphatic rings.